The van der Waals surface area contributed by atoms with Crippen molar-refractivity contribution in [3.05, 3.63) is 28.3 Å². The Labute approximate surface area is 126 Å². The van der Waals surface area contributed by atoms with Crippen LogP contribution in [0.15, 0.2) is 17.1 Å². The molecule has 0 aliphatic rings. The van der Waals surface area contributed by atoms with Gasteiger partial charge in [0.25, 0.3) is 5.91 Å². The van der Waals surface area contributed by atoms with E-state index in [1.165, 1.54) is 19.3 Å². The number of hydrogen-bond donors (Lipinski definition) is 4. The number of pyridine rings is 1. The highest BCUT2D eigenvalue weighted by Gasteiger charge is 2.25. The molecule has 2 atom stereocenters. The van der Waals surface area contributed by atoms with Gasteiger partial charge in [0.1, 0.15) is 6.04 Å². The lowest BCUT2D eigenvalue weighted by atomic mass is 9.98. The zero-order valence-corrected chi connectivity index (χ0v) is 12.7. The van der Waals surface area contributed by atoms with E-state index in [0.29, 0.717) is 11.2 Å². The molecule has 0 fully saturated rings. The summed E-state index contributed by atoms with van der Waals surface area (Å²) in [5, 5.41) is 5.26. The molecule has 0 aromatic carbocycles. The highest BCUT2D eigenvalue weighted by atomic mass is 16.2. The number of H-pyrrole nitrogens is 2. The number of nitrogens with zero attached hydrogens (tertiary/aromatic N) is 1. The summed E-state index contributed by atoms with van der Waals surface area (Å²) in [4.78, 5) is 44.5. The molecule has 2 aromatic rings. The Morgan fingerprint density at radius 2 is 2.09 bits per heavy atom. The van der Waals surface area contributed by atoms with E-state index in [-0.39, 0.29) is 23.1 Å². The molecule has 0 aliphatic heterocycles. The number of rotatable bonds is 5. The average molecular weight is 305 g/mol. The van der Waals surface area contributed by atoms with E-state index < -0.39 is 11.9 Å². The number of nitrogens with one attached hydrogen (secondary N) is 4. The summed E-state index contributed by atoms with van der Waals surface area (Å²) in [6.07, 6.45) is 2.11. The normalized spacial score (nSPS) is 13.6. The summed E-state index contributed by atoms with van der Waals surface area (Å²) < 4.78 is 0. The van der Waals surface area contributed by atoms with Gasteiger partial charge in [-0.05, 0) is 12.0 Å². The molecule has 0 unspecified atom stereocenters. The molecule has 0 spiro atoms. The molecule has 0 saturated heterocycles. The minimum absolute atomic E-state index is 0.00680. The van der Waals surface area contributed by atoms with Crippen LogP contribution in [0.5, 0.6) is 0 Å². The van der Waals surface area contributed by atoms with Gasteiger partial charge in [-0.15, -0.1) is 0 Å². The van der Waals surface area contributed by atoms with Crippen LogP contribution in [-0.4, -0.2) is 39.9 Å². The first kappa shape index (κ1) is 15.7. The van der Waals surface area contributed by atoms with Crippen LogP contribution in [0.4, 0.5) is 0 Å². The van der Waals surface area contributed by atoms with Gasteiger partial charge in [-0.1, -0.05) is 20.3 Å². The Kier molecular flexibility index (Phi) is 4.59. The minimum atomic E-state index is -0.622. The topological polar surface area (TPSA) is 120 Å². The van der Waals surface area contributed by atoms with E-state index in [9.17, 15) is 14.4 Å². The van der Waals surface area contributed by atoms with Crippen LogP contribution < -0.4 is 16.3 Å². The van der Waals surface area contributed by atoms with Crippen LogP contribution in [-0.2, 0) is 4.79 Å². The van der Waals surface area contributed by atoms with E-state index >= 15 is 0 Å². The highest BCUT2D eigenvalue weighted by molar-refractivity contribution is 5.99. The number of amides is 2. The number of fused-ring (bicyclic) bond motifs is 1. The molecule has 0 radical (unpaired) electrons. The lowest BCUT2D eigenvalue weighted by Gasteiger charge is -2.22. The van der Waals surface area contributed by atoms with Crippen molar-refractivity contribution in [2.45, 2.75) is 26.3 Å². The quantitative estimate of drug-likeness (QED) is 0.628. The van der Waals surface area contributed by atoms with Gasteiger partial charge in [-0.2, -0.15) is 0 Å². The Balaban J connectivity index is 2.24. The van der Waals surface area contributed by atoms with E-state index in [1.807, 2.05) is 13.8 Å². The van der Waals surface area contributed by atoms with Crippen LogP contribution in [0.2, 0.25) is 0 Å². The van der Waals surface area contributed by atoms with E-state index in [4.69, 9.17) is 0 Å². The van der Waals surface area contributed by atoms with Crippen LogP contribution in [0.1, 0.15) is 30.6 Å². The molecular weight excluding hydrogens is 286 g/mol. The molecule has 2 rings (SSSR count). The van der Waals surface area contributed by atoms with Gasteiger partial charge >= 0.3 is 5.69 Å². The first-order chi connectivity index (χ1) is 10.5. The molecule has 4 N–H and O–H groups in total. The summed E-state index contributed by atoms with van der Waals surface area (Å²) in [5.74, 6) is -0.662. The van der Waals surface area contributed by atoms with Gasteiger partial charge < -0.3 is 15.6 Å². The minimum Gasteiger partial charge on any atom is -0.357 e. The first-order valence-corrected chi connectivity index (χ1v) is 7.06. The predicted octanol–water partition coefficient (Wildman–Crippen LogP) is 0.142. The number of aromatic amines is 2. The fourth-order valence-electron chi connectivity index (χ4n) is 2.13. The van der Waals surface area contributed by atoms with E-state index in [2.05, 4.69) is 25.6 Å². The Hall–Kier alpha value is -2.64. The zero-order chi connectivity index (χ0) is 16.3. The van der Waals surface area contributed by atoms with E-state index in [0.717, 1.165) is 6.42 Å². The van der Waals surface area contributed by atoms with Crippen molar-refractivity contribution in [1.29, 1.82) is 0 Å². The van der Waals surface area contributed by atoms with Crippen molar-refractivity contribution in [3.8, 4) is 0 Å². The van der Waals surface area contributed by atoms with Gasteiger partial charge in [-0.3, -0.25) is 14.6 Å². The molecule has 8 nitrogen and oxygen atoms in total. The Morgan fingerprint density at radius 3 is 2.73 bits per heavy atom. The van der Waals surface area contributed by atoms with Crippen LogP contribution in [0, 0.1) is 5.92 Å². The van der Waals surface area contributed by atoms with Gasteiger partial charge in [0.05, 0.1) is 11.1 Å². The molecule has 8 heteroatoms. The Morgan fingerprint density at radius 1 is 1.36 bits per heavy atom. The second-order valence-corrected chi connectivity index (χ2v) is 5.15. The molecule has 2 heterocycles. The van der Waals surface area contributed by atoms with Gasteiger partial charge in [0, 0.05) is 13.2 Å². The molecule has 118 valence electrons. The molecule has 22 heavy (non-hydrogen) atoms. The second-order valence-electron chi connectivity index (χ2n) is 5.15. The molecule has 2 amide bonds. The lowest BCUT2D eigenvalue weighted by molar-refractivity contribution is -0.123. The number of imidazole rings is 1. The summed E-state index contributed by atoms with van der Waals surface area (Å²) in [7, 11) is 1.53. The summed E-state index contributed by atoms with van der Waals surface area (Å²) in [6.45, 7) is 3.84. The average Bonchev–Trinajstić information content (AvgIpc) is 2.89. The summed E-state index contributed by atoms with van der Waals surface area (Å²) in [6, 6.07) is 0.899. The summed E-state index contributed by atoms with van der Waals surface area (Å²) in [5.41, 5.74) is 0.715. The fraction of sp³-hybridized carbons (Fsp3) is 0.429. The Bertz CT molecular complexity index is 748. The molecule has 0 saturated carbocycles. The predicted molar refractivity (Wildman–Crippen MR) is 81.5 cm³/mol. The fourth-order valence-corrected chi connectivity index (χ4v) is 2.13. The van der Waals surface area contributed by atoms with Crippen molar-refractivity contribution < 1.29 is 9.59 Å². The number of hydrogen-bond acceptors (Lipinski definition) is 4. The zero-order valence-electron chi connectivity index (χ0n) is 12.7. The van der Waals surface area contributed by atoms with Crippen molar-refractivity contribution in [2.75, 3.05) is 7.05 Å². The van der Waals surface area contributed by atoms with Crippen molar-refractivity contribution in [2.24, 2.45) is 5.92 Å². The van der Waals surface area contributed by atoms with Crippen molar-refractivity contribution >= 4 is 23.0 Å². The molecule has 0 bridgehead atoms. The third-order valence-corrected chi connectivity index (χ3v) is 3.66. The highest BCUT2D eigenvalue weighted by Crippen LogP contribution is 2.11. The second kappa shape index (κ2) is 6.42. The van der Waals surface area contributed by atoms with Crippen molar-refractivity contribution in [3.63, 3.8) is 0 Å². The maximum Gasteiger partial charge on any atom is 0.325 e. The van der Waals surface area contributed by atoms with Gasteiger partial charge in [0.15, 0.2) is 5.65 Å². The van der Waals surface area contributed by atoms with Crippen molar-refractivity contribution in [1.82, 2.24) is 25.6 Å². The molecule has 0 aliphatic carbocycles. The monoisotopic (exact) mass is 305 g/mol. The van der Waals surface area contributed by atoms with Crippen LogP contribution in [0.3, 0.4) is 0 Å². The number of aromatic nitrogens is 3. The lowest BCUT2D eigenvalue weighted by Crippen LogP contribution is -2.49. The third-order valence-electron chi connectivity index (χ3n) is 3.66. The molecular formula is C14H19N5O3. The standard InChI is InChI=1S/C14H19N5O3/c1-4-7(2)10(13(21)15-3)18-12(20)8-5-9-11(16-6-8)19-14(22)17-9/h5-7,10H,4H2,1-3H3,(H,15,21)(H,18,20)(H2,16,17,19,22)/t7-,10-/m1/s1. The maximum absolute atomic E-state index is 12.3. The van der Waals surface area contributed by atoms with Crippen LogP contribution in [0.25, 0.3) is 11.2 Å². The summed E-state index contributed by atoms with van der Waals surface area (Å²) >= 11 is 0. The van der Waals surface area contributed by atoms with E-state index in [1.54, 1.807) is 0 Å². The first-order valence-electron chi connectivity index (χ1n) is 7.06. The SMILES string of the molecule is CC[C@@H](C)[C@@H](NC(=O)c1cnc2[nH]c(=O)[nH]c2c1)C(=O)NC. The van der Waals surface area contributed by atoms with Crippen LogP contribution >= 0.6 is 0 Å². The molecule has 2 aromatic heterocycles. The third kappa shape index (κ3) is 3.16. The number of likely N-dealkylation sites (N-methyl/N-ethyl adjacent to an activating group) is 1. The van der Waals surface area contributed by atoms with Gasteiger partial charge in [-0.25, -0.2) is 9.78 Å². The van der Waals surface area contributed by atoms with Gasteiger partial charge in [0.2, 0.25) is 5.91 Å². The number of carbonyl (C=O) groups is 2. The number of carbonyl (C=O) groups excluding carboxylic acids is 2. The largest absolute Gasteiger partial charge is 0.357 e. The smallest absolute Gasteiger partial charge is 0.325 e. The maximum atomic E-state index is 12.3.